The van der Waals surface area contributed by atoms with E-state index in [1.54, 1.807) is 18.2 Å². The lowest BCUT2D eigenvalue weighted by Crippen LogP contribution is -2.58. The van der Waals surface area contributed by atoms with Gasteiger partial charge in [-0.15, -0.1) is 0 Å². The van der Waals surface area contributed by atoms with Crippen molar-refractivity contribution in [3.63, 3.8) is 0 Å². The minimum absolute atomic E-state index is 0.00456. The van der Waals surface area contributed by atoms with E-state index in [1.807, 2.05) is 11.8 Å². The minimum atomic E-state index is -0.495. The highest BCUT2D eigenvalue weighted by Gasteiger charge is 2.32. The van der Waals surface area contributed by atoms with Crippen LogP contribution in [0.25, 0.3) is 0 Å². The summed E-state index contributed by atoms with van der Waals surface area (Å²) in [4.78, 5) is 28.4. The Labute approximate surface area is 186 Å². The second kappa shape index (κ2) is 10.1. The third-order valence-corrected chi connectivity index (χ3v) is 5.73. The van der Waals surface area contributed by atoms with Crippen molar-refractivity contribution in [1.82, 2.24) is 9.80 Å². The molecule has 1 amide bonds. The van der Waals surface area contributed by atoms with Crippen molar-refractivity contribution in [1.29, 1.82) is 0 Å². The van der Waals surface area contributed by atoms with Gasteiger partial charge in [-0.3, -0.25) is 9.69 Å². The van der Waals surface area contributed by atoms with Crippen LogP contribution in [0, 0.1) is 5.82 Å². The molecule has 0 bridgehead atoms. The van der Waals surface area contributed by atoms with E-state index in [4.69, 9.17) is 16.3 Å². The van der Waals surface area contributed by atoms with E-state index in [0.717, 1.165) is 5.56 Å². The predicted octanol–water partition coefficient (Wildman–Crippen LogP) is 3.77. The summed E-state index contributed by atoms with van der Waals surface area (Å²) in [7, 11) is 1.29. The Morgan fingerprint density at radius 1 is 1.10 bits per heavy atom. The van der Waals surface area contributed by atoms with E-state index in [-0.39, 0.29) is 35.4 Å². The topological polar surface area (TPSA) is 59.1 Å². The lowest BCUT2D eigenvalue weighted by atomic mass is 10.1. The fraction of sp³-hybridized carbons (Fsp3) is 0.391. The molecule has 1 fully saturated rings. The summed E-state index contributed by atoms with van der Waals surface area (Å²) in [5.74, 6) is -0.543. The zero-order valence-corrected chi connectivity index (χ0v) is 18.6. The molecular formula is C23H26ClFN2O4. The molecule has 0 aliphatic carbocycles. The molecule has 166 valence electrons. The van der Waals surface area contributed by atoms with Crippen LogP contribution in [0.15, 0.2) is 42.5 Å². The number of carbonyl (C=O) groups excluding carboxylic acids is 2. The first kappa shape index (κ1) is 23.0. The van der Waals surface area contributed by atoms with Crippen LogP contribution >= 0.6 is 11.6 Å². The fourth-order valence-corrected chi connectivity index (χ4v) is 3.91. The summed E-state index contributed by atoms with van der Waals surface area (Å²) in [6, 6.07) is 11.2. The number of benzene rings is 2. The Balaban J connectivity index is 1.56. The van der Waals surface area contributed by atoms with Crippen LogP contribution in [-0.4, -0.2) is 60.6 Å². The van der Waals surface area contributed by atoms with Crippen LogP contribution < -0.4 is 4.74 Å². The first-order chi connectivity index (χ1) is 14.8. The first-order valence-corrected chi connectivity index (χ1v) is 10.4. The number of rotatable bonds is 6. The van der Waals surface area contributed by atoms with Gasteiger partial charge in [0.15, 0.2) is 6.61 Å². The molecule has 6 nitrogen and oxygen atoms in total. The Morgan fingerprint density at radius 2 is 1.81 bits per heavy atom. The zero-order valence-electron chi connectivity index (χ0n) is 17.8. The number of ether oxygens (including phenoxy) is 2. The summed E-state index contributed by atoms with van der Waals surface area (Å²) in [5.41, 5.74) is 1.35. The standard InChI is InChI=1S/C23H26ClFN2O4/c1-15-12-27(16(2)11-26(15)13-17-4-7-19(25)8-5-17)22(28)14-31-21-9-6-18(10-20(21)24)23(29)30-3/h4-10,15-16H,11-14H2,1-3H3. The summed E-state index contributed by atoms with van der Waals surface area (Å²) in [6.07, 6.45) is 0. The molecule has 3 rings (SSSR count). The SMILES string of the molecule is COC(=O)c1ccc(OCC(=O)N2CC(C)N(Cc3ccc(F)cc3)CC2C)c(Cl)c1. The second-order valence-electron chi connectivity index (χ2n) is 7.73. The van der Waals surface area contributed by atoms with Crippen LogP contribution in [-0.2, 0) is 16.1 Å². The van der Waals surface area contributed by atoms with E-state index in [0.29, 0.717) is 30.9 Å². The van der Waals surface area contributed by atoms with Gasteiger partial charge >= 0.3 is 5.97 Å². The summed E-state index contributed by atoms with van der Waals surface area (Å²) in [5, 5.41) is 0.237. The molecular weight excluding hydrogens is 423 g/mol. The number of hydrogen-bond donors (Lipinski definition) is 0. The van der Waals surface area contributed by atoms with Gasteiger partial charge in [0, 0.05) is 31.7 Å². The number of methoxy groups -OCH3 is 1. The van der Waals surface area contributed by atoms with Gasteiger partial charge in [-0.05, 0) is 49.7 Å². The van der Waals surface area contributed by atoms with E-state index in [9.17, 15) is 14.0 Å². The second-order valence-corrected chi connectivity index (χ2v) is 8.13. The van der Waals surface area contributed by atoms with Gasteiger partial charge < -0.3 is 14.4 Å². The lowest BCUT2D eigenvalue weighted by Gasteiger charge is -2.44. The summed E-state index contributed by atoms with van der Waals surface area (Å²) < 4.78 is 23.4. The molecule has 31 heavy (non-hydrogen) atoms. The van der Waals surface area contributed by atoms with E-state index < -0.39 is 5.97 Å². The van der Waals surface area contributed by atoms with Crippen molar-refractivity contribution in [3.05, 3.63) is 64.4 Å². The molecule has 2 atom stereocenters. The largest absolute Gasteiger partial charge is 0.482 e. The van der Waals surface area contributed by atoms with Crippen molar-refractivity contribution in [2.24, 2.45) is 0 Å². The highest BCUT2D eigenvalue weighted by atomic mass is 35.5. The lowest BCUT2D eigenvalue weighted by molar-refractivity contribution is -0.139. The van der Waals surface area contributed by atoms with Gasteiger partial charge in [0.05, 0.1) is 17.7 Å². The van der Waals surface area contributed by atoms with Crippen LogP contribution in [0.2, 0.25) is 5.02 Å². The number of hydrogen-bond acceptors (Lipinski definition) is 5. The molecule has 1 heterocycles. The quantitative estimate of drug-likeness (QED) is 0.630. The molecule has 0 radical (unpaired) electrons. The Kier molecular flexibility index (Phi) is 7.51. The molecule has 0 N–H and O–H groups in total. The molecule has 1 aliphatic rings. The van der Waals surface area contributed by atoms with E-state index in [2.05, 4.69) is 16.6 Å². The van der Waals surface area contributed by atoms with Crippen LogP contribution in [0.5, 0.6) is 5.75 Å². The molecule has 8 heteroatoms. The van der Waals surface area contributed by atoms with Gasteiger partial charge in [-0.1, -0.05) is 23.7 Å². The van der Waals surface area contributed by atoms with Crippen molar-refractivity contribution >= 4 is 23.5 Å². The maximum atomic E-state index is 13.1. The van der Waals surface area contributed by atoms with Crippen molar-refractivity contribution in [2.75, 3.05) is 26.8 Å². The maximum Gasteiger partial charge on any atom is 0.337 e. The molecule has 2 unspecified atom stereocenters. The smallest absolute Gasteiger partial charge is 0.337 e. The van der Waals surface area contributed by atoms with Gasteiger partial charge in [0.1, 0.15) is 11.6 Å². The molecule has 1 saturated heterocycles. The van der Waals surface area contributed by atoms with Crippen LogP contribution in [0.4, 0.5) is 4.39 Å². The van der Waals surface area contributed by atoms with Crippen molar-refractivity contribution < 1.29 is 23.5 Å². The molecule has 1 aliphatic heterocycles. The maximum absolute atomic E-state index is 13.1. The van der Waals surface area contributed by atoms with Gasteiger partial charge in [-0.25, -0.2) is 9.18 Å². The van der Waals surface area contributed by atoms with E-state index >= 15 is 0 Å². The number of amides is 1. The number of halogens is 2. The van der Waals surface area contributed by atoms with Crippen LogP contribution in [0.1, 0.15) is 29.8 Å². The highest BCUT2D eigenvalue weighted by molar-refractivity contribution is 6.32. The van der Waals surface area contributed by atoms with E-state index in [1.165, 1.54) is 31.4 Å². The molecule has 2 aromatic carbocycles. The average molecular weight is 449 g/mol. The predicted molar refractivity (Wildman–Crippen MR) is 116 cm³/mol. The van der Waals surface area contributed by atoms with Gasteiger partial charge in [0.25, 0.3) is 5.91 Å². The van der Waals surface area contributed by atoms with Crippen LogP contribution in [0.3, 0.4) is 0 Å². The Hall–Kier alpha value is -2.64. The Morgan fingerprint density at radius 3 is 2.45 bits per heavy atom. The molecule has 0 spiro atoms. The van der Waals surface area contributed by atoms with Crippen molar-refractivity contribution in [3.8, 4) is 5.75 Å². The zero-order chi connectivity index (χ0) is 22.5. The van der Waals surface area contributed by atoms with Gasteiger partial charge in [-0.2, -0.15) is 0 Å². The molecule has 0 aromatic heterocycles. The molecule has 0 saturated carbocycles. The highest BCUT2D eigenvalue weighted by Crippen LogP contribution is 2.26. The third kappa shape index (κ3) is 5.74. The first-order valence-electron chi connectivity index (χ1n) is 10.1. The summed E-state index contributed by atoms with van der Waals surface area (Å²) in [6.45, 7) is 5.90. The average Bonchev–Trinajstić information content (AvgIpc) is 2.75. The number of esters is 1. The monoisotopic (exact) mass is 448 g/mol. The molecule has 2 aromatic rings. The minimum Gasteiger partial charge on any atom is -0.482 e. The number of piperazine rings is 1. The number of nitrogens with zero attached hydrogens (tertiary/aromatic N) is 2. The normalized spacial score (nSPS) is 19.2. The van der Waals surface area contributed by atoms with Crippen molar-refractivity contribution in [2.45, 2.75) is 32.5 Å². The Bertz CT molecular complexity index is 938. The number of carbonyl (C=O) groups is 2. The third-order valence-electron chi connectivity index (χ3n) is 5.44. The van der Waals surface area contributed by atoms with Gasteiger partial charge in [0.2, 0.25) is 0 Å². The summed E-state index contributed by atoms with van der Waals surface area (Å²) >= 11 is 6.17. The fourth-order valence-electron chi connectivity index (χ4n) is 3.68.